The molecular formula is C13H21N3O. The lowest BCUT2D eigenvalue weighted by atomic mass is 9.82. The van der Waals surface area contributed by atoms with Crippen LogP contribution in [0, 0.1) is 5.92 Å². The normalized spacial score (nSPS) is 33.2. The number of aromatic nitrogens is 2. The van der Waals surface area contributed by atoms with Crippen LogP contribution in [0.5, 0.6) is 0 Å². The Morgan fingerprint density at radius 1 is 1.59 bits per heavy atom. The molecule has 4 heteroatoms. The Kier molecular flexibility index (Phi) is 2.92. The highest BCUT2D eigenvalue weighted by molar-refractivity contribution is 5.14. The molecule has 0 amide bonds. The standard InChI is InChI=1S/C13H21N3O/c1-3-14-13(9-7-15-16(2)8-9)11-6-10-4-5-12(11)17-10/h7-8,10-14H,3-6H2,1-2H3. The van der Waals surface area contributed by atoms with Gasteiger partial charge in [0.05, 0.1) is 18.4 Å². The summed E-state index contributed by atoms with van der Waals surface area (Å²) in [7, 11) is 1.98. The van der Waals surface area contributed by atoms with E-state index in [4.69, 9.17) is 4.74 Å². The van der Waals surface area contributed by atoms with Gasteiger partial charge in [-0.15, -0.1) is 0 Å². The number of hydrogen-bond donors (Lipinski definition) is 1. The topological polar surface area (TPSA) is 39.1 Å². The molecule has 4 nitrogen and oxygen atoms in total. The van der Waals surface area contributed by atoms with E-state index in [2.05, 4.69) is 23.5 Å². The summed E-state index contributed by atoms with van der Waals surface area (Å²) in [5.41, 5.74) is 1.30. The molecule has 1 aromatic heterocycles. The van der Waals surface area contributed by atoms with Gasteiger partial charge < -0.3 is 10.1 Å². The Labute approximate surface area is 102 Å². The van der Waals surface area contributed by atoms with E-state index >= 15 is 0 Å². The third-order valence-electron chi connectivity index (χ3n) is 4.09. The van der Waals surface area contributed by atoms with Crippen LogP contribution < -0.4 is 5.32 Å². The molecule has 17 heavy (non-hydrogen) atoms. The summed E-state index contributed by atoms with van der Waals surface area (Å²) in [5.74, 6) is 0.623. The van der Waals surface area contributed by atoms with Crippen molar-refractivity contribution in [1.82, 2.24) is 15.1 Å². The Bertz CT molecular complexity index is 390. The smallest absolute Gasteiger partial charge is 0.0627 e. The Morgan fingerprint density at radius 2 is 2.47 bits per heavy atom. The third kappa shape index (κ3) is 2.00. The molecule has 3 rings (SSSR count). The zero-order valence-corrected chi connectivity index (χ0v) is 10.6. The Morgan fingerprint density at radius 3 is 3.00 bits per heavy atom. The molecule has 4 unspecified atom stereocenters. The van der Waals surface area contributed by atoms with Gasteiger partial charge in [0.2, 0.25) is 0 Å². The molecule has 2 saturated heterocycles. The van der Waals surface area contributed by atoms with E-state index < -0.39 is 0 Å². The van der Waals surface area contributed by atoms with Crippen molar-refractivity contribution in [2.24, 2.45) is 13.0 Å². The molecule has 1 N–H and O–H groups in total. The van der Waals surface area contributed by atoms with Crippen molar-refractivity contribution in [2.75, 3.05) is 6.54 Å². The summed E-state index contributed by atoms with van der Waals surface area (Å²) < 4.78 is 7.86. The monoisotopic (exact) mass is 235 g/mol. The fourth-order valence-electron chi connectivity index (χ4n) is 3.36. The Hall–Kier alpha value is -0.870. The highest BCUT2D eigenvalue weighted by Gasteiger charge is 2.44. The third-order valence-corrected chi connectivity index (χ3v) is 4.09. The van der Waals surface area contributed by atoms with Gasteiger partial charge in [-0.1, -0.05) is 6.92 Å². The number of hydrogen-bond acceptors (Lipinski definition) is 3. The van der Waals surface area contributed by atoms with Gasteiger partial charge in [0.15, 0.2) is 0 Å². The summed E-state index contributed by atoms with van der Waals surface area (Å²) in [6.45, 7) is 3.16. The molecule has 2 aliphatic rings. The van der Waals surface area contributed by atoms with Crippen LogP contribution in [-0.2, 0) is 11.8 Å². The highest BCUT2D eigenvalue weighted by Crippen LogP contribution is 2.44. The molecule has 0 saturated carbocycles. The largest absolute Gasteiger partial charge is 0.375 e. The van der Waals surface area contributed by atoms with Crippen molar-refractivity contribution < 1.29 is 4.74 Å². The lowest BCUT2D eigenvalue weighted by Crippen LogP contribution is -2.33. The van der Waals surface area contributed by atoms with Crippen LogP contribution in [0.3, 0.4) is 0 Å². The van der Waals surface area contributed by atoms with Gasteiger partial charge in [0.1, 0.15) is 0 Å². The van der Waals surface area contributed by atoms with E-state index in [-0.39, 0.29) is 0 Å². The first kappa shape index (κ1) is 11.2. The van der Waals surface area contributed by atoms with Crippen LogP contribution in [0.25, 0.3) is 0 Å². The fraction of sp³-hybridized carbons (Fsp3) is 0.769. The molecule has 2 aliphatic heterocycles. The molecule has 2 bridgehead atoms. The van der Waals surface area contributed by atoms with Crippen LogP contribution in [0.15, 0.2) is 12.4 Å². The van der Waals surface area contributed by atoms with E-state index in [0.717, 1.165) is 6.54 Å². The highest BCUT2D eigenvalue weighted by atomic mass is 16.5. The summed E-state index contributed by atoms with van der Waals surface area (Å²) in [5, 5.41) is 7.89. The van der Waals surface area contributed by atoms with Crippen molar-refractivity contribution >= 4 is 0 Å². The van der Waals surface area contributed by atoms with E-state index in [0.29, 0.717) is 24.2 Å². The maximum absolute atomic E-state index is 5.97. The minimum Gasteiger partial charge on any atom is -0.375 e. The average molecular weight is 235 g/mol. The zero-order valence-electron chi connectivity index (χ0n) is 10.6. The summed E-state index contributed by atoms with van der Waals surface area (Å²) in [6.07, 6.45) is 8.78. The molecule has 4 atom stereocenters. The first-order chi connectivity index (χ1) is 8.28. The van der Waals surface area contributed by atoms with Crippen LogP contribution in [0.4, 0.5) is 0 Å². The van der Waals surface area contributed by atoms with E-state index in [1.807, 2.05) is 17.9 Å². The van der Waals surface area contributed by atoms with Crippen molar-refractivity contribution in [2.45, 2.75) is 44.4 Å². The number of aryl methyl sites for hydroxylation is 1. The van der Waals surface area contributed by atoms with Gasteiger partial charge in [-0.05, 0) is 25.8 Å². The predicted molar refractivity (Wildman–Crippen MR) is 65.6 cm³/mol. The molecular weight excluding hydrogens is 214 g/mol. The van der Waals surface area contributed by atoms with Gasteiger partial charge in [-0.2, -0.15) is 5.10 Å². The lowest BCUT2D eigenvalue weighted by Gasteiger charge is -2.28. The Balaban J connectivity index is 1.80. The lowest BCUT2D eigenvalue weighted by molar-refractivity contribution is 0.0858. The number of ether oxygens (including phenoxy) is 1. The number of rotatable bonds is 4. The van der Waals surface area contributed by atoms with Gasteiger partial charge >= 0.3 is 0 Å². The molecule has 0 spiro atoms. The number of nitrogens with zero attached hydrogens (tertiary/aromatic N) is 2. The van der Waals surface area contributed by atoms with Crippen molar-refractivity contribution in [3.05, 3.63) is 18.0 Å². The molecule has 0 radical (unpaired) electrons. The average Bonchev–Trinajstić information content (AvgIpc) is 3.01. The summed E-state index contributed by atoms with van der Waals surface area (Å²) in [4.78, 5) is 0. The van der Waals surface area contributed by atoms with Gasteiger partial charge in [0.25, 0.3) is 0 Å². The van der Waals surface area contributed by atoms with E-state index in [1.54, 1.807) is 0 Å². The maximum Gasteiger partial charge on any atom is 0.0627 e. The van der Waals surface area contributed by atoms with Crippen molar-refractivity contribution in [3.8, 4) is 0 Å². The predicted octanol–water partition coefficient (Wildman–Crippen LogP) is 1.64. The second-order valence-corrected chi connectivity index (χ2v) is 5.26. The summed E-state index contributed by atoms with van der Waals surface area (Å²) in [6, 6.07) is 0.406. The second kappa shape index (κ2) is 4.42. The minimum atomic E-state index is 0.406. The SMILES string of the molecule is CCNC(c1cnn(C)c1)C1CC2CCC1O2. The first-order valence-corrected chi connectivity index (χ1v) is 6.65. The van der Waals surface area contributed by atoms with Crippen LogP contribution in [0.1, 0.15) is 37.8 Å². The van der Waals surface area contributed by atoms with Crippen LogP contribution in [0.2, 0.25) is 0 Å². The second-order valence-electron chi connectivity index (χ2n) is 5.26. The molecule has 94 valence electrons. The minimum absolute atomic E-state index is 0.406. The summed E-state index contributed by atoms with van der Waals surface area (Å²) >= 11 is 0. The molecule has 3 heterocycles. The van der Waals surface area contributed by atoms with Gasteiger partial charge in [-0.25, -0.2) is 0 Å². The quantitative estimate of drug-likeness (QED) is 0.862. The molecule has 0 aliphatic carbocycles. The van der Waals surface area contributed by atoms with E-state index in [1.165, 1.54) is 24.8 Å². The molecule has 0 aromatic carbocycles. The maximum atomic E-state index is 5.97. The zero-order chi connectivity index (χ0) is 11.8. The number of nitrogens with one attached hydrogen (secondary N) is 1. The van der Waals surface area contributed by atoms with Crippen LogP contribution >= 0.6 is 0 Å². The van der Waals surface area contributed by atoms with Crippen molar-refractivity contribution in [3.63, 3.8) is 0 Å². The molecule has 2 fully saturated rings. The fourth-order valence-corrected chi connectivity index (χ4v) is 3.36. The van der Waals surface area contributed by atoms with Crippen molar-refractivity contribution in [1.29, 1.82) is 0 Å². The van der Waals surface area contributed by atoms with E-state index in [9.17, 15) is 0 Å². The van der Waals surface area contributed by atoms with Gasteiger partial charge in [-0.3, -0.25) is 4.68 Å². The number of fused-ring (bicyclic) bond motifs is 2. The van der Waals surface area contributed by atoms with Gasteiger partial charge in [0, 0.05) is 30.8 Å². The first-order valence-electron chi connectivity index (χ1n) is 6.65. The van der Waals surface area contributed by atoms with Crippen LogP contribution in [-0.4, -0.2) is 28.5 Å². The molecule has 1 aromatic rings.